The van der Waals surface area contributed by atoms with Crippen LogP contribution in [0.1, 0.15) is 31.5 Å². The minimum absolute atomic E-state index is 0.246. The highest BCUT2D eigenvalue weighted by molar-refractivity contribution is 7.09. The van der Waals surface area contributed by atoms with Gasteiger partial charge in [-0.2, -0.15) is 0 Å². The van der Waals surface area contributed by atoms with E-state index in [1.807, 2.05) is 5.38 Å². The van der Waals surface area contributed by atoms with Crippen LogP contribution in [0.5, 0.6) is 0 Å². The van der Waals surface area contributed by atoms with Crippen molar-refractivity contribution in [2.45, 2.75) is 45.5 Å². The SMILES string of the molecule is C=[C]c1nc(CO[Si](C)(C)C(C)(C)C)cs1. The highest BCUT2D eigenvalue weighted by Gasteiger charge is 2.37. The van der Waals surface area contributed by atoms with Gasteiger partial charge in [-0.25, -0.2) is 4.98 Å². The molecule has 0 aliphatic rings. The van der Waals surface area contributed by atoms with Crippen molar-refractivity contribution < 1.29 is 4.43 Å². The fraction of sp³-hybridized carbons (Fsp3) is 0.583. The van der Waals surface area contributed by atoms with Crippen LogP contribution in [-0.4, -0.2) is 13.3 Å². The van der Waals surface area contributed by atoms with Crippen molar-refractivity contribution in [1.82, 2.24) is 4.98 Å². The highest BCUT2D eigenvalue weighted by Crippen LogP contribution is 2.37. The largest absolute Gasteiger partial charge is 0.411 e. The Bertz CT molecular complexity index is 365. The van der Waals surface area contributed by atoms with E-state index in [2.05, 4.69) is 51.5 Å². The molecular formula is C12H20NOSSi. The Morgan fingerprint density at radius 3 is 2.56 bits per heavy atom. The number of thiazole rings is 1. The molecule has 0 saturated carbocycles. The summed E-state index contributed by atoms with van der Waals surface area (Å²) >= 11 is 1.56. The molecule has 0 fully saturated rings. The maximum atomic E-state index is 6.07. The highest BCUT2D eigenvalue weighted by atomic mass is 32.1. The predicted molar refractivity (Wildman–Crippen MR) is 72.1 cm³/mol. The van der Waals surface area contributed by atoms with Crippen molar-refractivity contribution in [3.05, 3.63) is 28.7 Å². The van der Waals surface area contributed by atoms with E-state index in [0.717, 1.165) is 10.7 Å². The number of rotatable bonds is 4. The number of hydrogen-bond donors (Lipinski definition) is 0. The van der Waals surface area contributed by atoms with E-state index in [1.165, 1.54) is 0 Å². The van der Waals surface area contributed by atoms with E-state index in [0.29, 0.717) is 6.61 Å². The molecule has 89 valence electrons. The van der Waals surface area contributed by atoms with E-state index in [4.69, 9.17) is 4.43 Å². The zero-order chi connectivity index (χ0) is 12.4. The van der Waals surface area contributed by atoms with Crippen LogP contribution in [0.25, 0.3) is 0 Å². The quantitative estimate of drug-likeness (QED) is 0.758. The first-order valence-electron chi connectivity index (χ1n) is 5.38. The summed E-state index contributed by atoms with van der Waals surface area (Å²) in [5.41, 5.74) is 0.987. The average molecular weight is 254 g/mol. The molecule has 0 saturated heterocycles. The Morgan fingerprint density at radius 2 is 2.12 bits per heavy atom. The maximum absolute atomic E-state index is 6.07. The van der Waals surface area contributed by atoms with Crippen molar-refractivity contribution in [3.8, 4) is 0 Å². The molecule has 4 heteroatoms. The van der Waals surface area contributed by atoms with Gasteiger partial charge >= 0.3 is 0 Å². The van der Waals surface area contributed by atoms with Gasteiger partial charge in [-0.1, -0.05) is 27.4 Å². The maximum Gasteiger partial charge on any atom is 0.192 e. The van der Waals surface area contributed by atoms with Crippen LogP contribution in [0.3, 0.4) is 0 Å². The van der Waals surface area contributed by atoms with Gasteiger partial charge < -0.3 is 4.43 Å². The van der Waals surface area contributed by atoms with Crippen LogP contribution < -0.4 is 0 Å². The summed E-state index contributed by atoms with van der Waals surface area (Å²) in [4.78, 5) is 4.36. The van der Waals surface area contributed by atoms with Crippen LogP contribution in [0.15, 0.2) is 12.0 Å². The van der Waals surface area contributed by atoms with Gasteiger partial charge in [0.05, 0.1) is 12.3 Å². The van der Waals surface area contributed by atoms with E-state index in [9.17, 15) is 0 Å². The second kappa shape index (κ2) is 4.81. The third kappa shape index (κ3) is 3.27. The molecular weight excluding hydrogens is 234 g/mol. The van der Waals surface area contributed by atoms with Gasteiger partial charge in [-0.05, 0) is 18.1 Å². The molecule has 1 heterocycles. The molecule has 0 aromatic carbocycles. The summed E-state index contributed by atoms with van der Waals surface area (Å²) in [5.74, 6) is 0. The summed E-state index contributed by atoms with van der Waals surface area (Å²) in [6.45, 7) is 15.4. The normalized spacial score (nSPS) is 12.8. The topological polar surface area (TPSA) is 22.1 Å². The monoisotopic (exact) mass is 254 g/mol. The van der Waals surface area contributed by atoms with Crippen molar-refractivity contribution in [3.63, 3.8) is 0 Å². The summed E-state index contributed by atoms with van der Waals surface area (Å²) in [6.07, 6.45) is 2.79. The van der Waals surface area contributed by atoms with Gasteiger partial charge in [0.1, 0.15) is 5.01 Å². The van der Waals surface area contributed by atoms with Crippen LogP contribution in [0.4, 0.5) is 0 Å². The van der Waals surface area contributed by atoms with Gasteiger partial charge in [0, 0.05) is 11.5 Å². The molecule has 0 aliphatic heterocycles. The molecule has 1 rings (SSSR count). The van der Waals surface area contributed by atoms with Crippen LogP contribution in [-0.2, 0) is 11.0 Å². The number of aromatic nitrogens is 1. The lowest BCUT2D eigenvalue weighted by Gasteiger charge is -2.35. The minimum Gasteiger partial charge on any atom is -0.411 e. The molecule has 1 aromatic rings. The Morgan fingerprint density at radius 1 is 1.50 bits per heavy atom. The second-order valence-corrected chi connectivity index (χ2v) is 11.0. The molecule has 0 atom stereocenters. The number of hydrogen-bond acceptors (Lipinski definition) is 3. The van der Waals surface area contributed by atoms with E-state index >= 15 is 0 Å². The fourth-order valence-electron chi connectivity index (χ4n) is 0.925. The van der Waals surface area contributed by atoms with Crippen LogP contribution in [0, 0.1) is 6.08 Å². The van der Waals surface area contributed by atoms with E-state index in [1.54, 1.807) is 11.3 Å². The molecule has 0 N–H and O–H groups in total. The first kappa shape index (κ1) is 13.6. The zero-order valence-electron chi connectivity index (χ0n) is 10.8. The molecule has 16 heavy (non-hydrogen) atoms. The minimum atomic E-state index is -1.66. The third-order valence-electron chi connectivity index (χ3n) is 3.09. The van der Waals surface area contributed by atoms with Gasteiger partial charge in [0.25, 0.3) is 0 Å². The zero-order valence-corrected chi connectivity index (χ0v) is 12.6. The van der Waals surface area contributed by atoms with Crippen LogP contribution >= 0.6 is 11.3 Å². The third-order valence-corrected chi connectivity index (χ3v) is 8.42. The summed E-state index contributed by atoms with van der Waals surface area (Å²) in [7, 11) is -1.66. The fourth-order valence-corrected chi connectivity index (χ4v) is 2.49. The average Bonchev–Trinajstić information content (AvgIpc) is 2.60. The Hall–Kier alpha value is -0.453. The van der Waals surface area contributed by atoms with Gasteiger partial charge in [0.15, 0.2) is 8.32 Å². The van der Waals surface area contributed by atoms with Gasteiger partial charge in [-0.15, -0.1) is 11.3 Å². The molecule has 2 nitrogen and oxygen atoms in total. The Kier molecular flexibility index (Phi) is 4.10. The van der Waals surface area contributed by atoms with Gasteiger partial charge in [-0.3, -0.25) is 0 Å². The molecule has 0 unspecified atom stereocenters. The Balaban J connectivity index is 2.61. The Labute approximate surface area is 104 Å². The second-order valence-electron chi connectivity index (χ2n) is 5.37. The summed E-state index contributed by atoms with van der Waals surface area (Å²) in [5, 5.41) is 3.10. The van der Waals surface area contributed by atoms with Crippen molar-refractivity contribution in [2.75, 3.05) is 0 Å². The van der Waals surface area contributed by atoms with Crippen molar-refractivity contribution in [1.29, 1.82) is 0 Å². The van der Waals surface area contributed by atoms with Crippen molar-refractivity contribution in [2.24, 2.45) is 0 Å². The number of nitrogens with zero attached hydrogens (tertiary/aromatic N) is 1. The molecule has 0 aliphatic carbocycles. The lowest BCUT2D eigenvalue weighted by molar-refractivity contribution is 0.272. The predicted octanol–water partition coefficient (Wildman–Crippen LogP) is 4.00. The molecule has 1 radical (unpaired) electrons. The van der Waals surface area contributed by atoms with Gasteiger partial charge in [0.2, 0.25) is 0 Å². The molecule has 0 spiro atoms. The van der Waals surface area contributed by atoms with Crippen LogP contribution in [0.2, 0.25) is 18.1 Å². The van der Waals surface area contributed by atoms with Crippen molar-refractivity contribution >= 4 is 19.7 Å². The standard InChI is InChI=1S/C12H20NOSSi/c1-7-11-13-10(9-15-11)8-14-16(5,6)12(2,3)4/h9H,1,8H2,2-6H3. The van der Waals surface area contributed by atoms with E-state index < -0.39 is 8.32 Å². The van der Waals surface area contributed by atoms with E-state index in [-0.39, 0.29) is 5.04 Å². The lowest BCUT2D eigenvalue weighted by Crippen LogP contribution is -2.40. The summed E-state index contributed by atoms with van der Waals surface area (Å²) in [6, 6.07) is 0. The molecule has 1 aromatic heterocycles. The summed E-state index contributed by atoms with van der Waals surface area (Å²) < 4.78 is 6.07. The first-order valence-corrected chi connectivity index (χ1v) is 9.16. The first-order chi connectivity index (χ1) is 7.26. The molecule has 0 bridgehead atoms. The smallest absolute Gasteiger partial charge is 0.192 e. The molecule has 0 amide bonds. The lowest BCUT2D eigenvalue weighted by atomic mass is 10.2.